The van der Waals surface area contributed by atoms with Gasteiger partial charge in [-0.25, -0.2) is 0 Å². The highest BCUT2D eigenvalue weighted by Crippen LogP contribution is 2.42. The van der Waals surface area contributed by atoms with Crippen molar-refractivity contribution < 1.29 is 33.0 Å². The molecule has 1 atom stereocenters. The fourth-order valence-electron chi connectivity index (χ4n) is 1.67. The number of aliphatic carboxylic acids is 1. The van der Waals surface area contributed by atoms with Gasteiger partial charge in [-0.3, -0.25) is 9.59 Å². The molecule has 7 nitrogen and oxygen atoms in total. The molecule has 21 heavy (non-hydrogen) atoms. The van der Waals surface area contributed by atoms with Gasteiger partial charge in [-0.2, -0.15) is 0 Å². The molecule has 4 N–H and O–H groups in total. The van der Waals surface area contributed by atoms with E-state index in [9.17, 15) is 18.4 Å². The lowest BCUT2D eigenvalue weighted by Gasteiger charge is -2.11. The van der Waals surface area contributed by atoms with Crippen molar-refractivity contribution in [2.45, 2.75) is 25.2 Å². The second kappa shape index (κ2) is 5.52. The van der Waals surface area contributed by atoms with Crippen LogP contribution in [-0.2, 0) is 9.59 Å². The van der Waals surface area contributed by atoms with Gasteiger partial charge < -0.3 is 25.6 Å². The Morgan fingerprint density at radius 2 is 2.00 bits per heavy atom. The zero-order valence-electron chi connectivity index (χ0n) is 10.6. The smallest absolute Gasteiger partial charge is 0.481 e. The van der Waals surface area contributed by atoms with Crippen molar-refractivity contribution in [2.75, 3.05) is 5.32 Å². The largest absolute Gasteiger partial charge is 0.586 e. The summed E-state index contributed by atoms with van der Waals surface area (Å²) in [5.41, 5.74) is 5.70. The molecular formula is C12H12F2N2O5. The van der Waals surface area contributed by atoms with Crippen molar-refractivity contribution in [2.24, 2.45) is 5.73 Å². The van der Waals surface area contributed by atoms with E-state index in [4.69, 9.17) is 10.8 Å². The summed E-state index contributed by atoms with van der Waals surface area (Å²) in [5, 5.41) is 10.9. The molecule has 0 saturated carbocycles. The number of hydrogen-bond acceptors (Lipinski definition) is 5. The van der Waals surface area contributed by atoms with Crippen molar-refractivity contribution in [1.82, 2.24) is 0 Å². The number of carboxylic acid groups (broad SMARTS) is 1. The van der Waals surface area contributed by atoms with E-state index >= 15 is 0 Å². The molecule has 0 aromatic heterocycles. The minimum absolute atomic E-state index is 0.0379. The zero-order chi connectivity index (χ0) is 15.6. The van der Waals surface area contributed by atoms with E-state index in [2.05, 4.69) is 14.8 Å². The quantitative estimate of drug-likeness (QED) is 0.752. The van der Waals surface area contributed by atoms with Crippen molar-refractivity contribution in [3.63, 3.8) is 0 Å². The summed E-state index contributed by atoms with van der Waals surface area (Å²) in [6.07, 6.45) is -4.02. The fourth-order valence-corrected chi connectivity index (χ4v) is 1.67. The van der Waals surface area contributed by atoms with Gasteiger partial charge in [0.15, 0.2) is 11.5 Å². The van der Waals surface area contributed by atoms with Gasteiger partial charge in [0.25, 0.3) is 0 Å². The lowest BCUT2D eigenvalue weighted by atomic mass is 10.1. The Balaban J connectivity index is 1.98. The first kappa shape index (κ1) is 15.0. The maximum Gasteiger partial charge on any atom is 0.586 e. The fraction of sp³-hybridized carbons (Fsp3) is 0.333. The number of hydrogen-bond donors (Lipinski definition) is 3. The Bertz CT molecular complexity index is 579. The minimum Gasteiger partial charge on any atom is -0.481 e. The Hall–Kier alpha value is -2.42. The first-order chi connectivity index (χ1) is 9.77. The van der Waals surface area contributed by atoms with Crippen LogP contribution in [0.4, 0.5) is 14.5 Å². The molecule has 0 spiro atoms. The molecule has 1 aromatic rings. The summed E-state index contributed by atoms with van der Waals surface area (Å²) in [6.45, 7) is 0. The van der Waals surface area contributed by atoms with Gasteiger partial charge >= 0.3 is 12.3 Å². The Morgan fingerprint density at radius 1 is 1.33 bits per heavy atom. The van der Waals surface area contributed by atoms with E-state index in [0.717, 1.165) is 6.07 Å². The van der Waals surface area contributed by atoms with E-state index in [0.29, 0.717) is 0 Å². The van der Waals surface area contributed by atoms with Crippen molar-refractivity contribution in [1.29, 1.82) is 0 Å². The molecule has 0 aliphatic carbocycles. The average Bonchev–Trinajstić information content (AvgIpc) is 2.68. The zero-order valence-corrected chi connectivity index (χ0v) is 10.6. The lowest BCUT2D eigenvalue weighted by molar-refractivity contribution is -0.286. The molecule has 0 saturated heterocycles. The molecule has 0 bridgehead atoms. The number of carbonyl (C=O) groups excluding carboxylic acids is 1. The molecule has 1 aliphatic rings. The number of amides is 1. The van der Waals surface area contributed by atoms with E-state index in [1.165, 1.54) is 12.1 Å². The van der Waals surface area contributed by atoms with E-state index < -0.39 is 24.2 Å². The van der Waals surface area contributed by atoms with E-state index in [-0.39, 0.29) is 30.0 Å². The Morgan fingerprint density at radius 3 is 2.67 bits per heavy atom. The van der Waals surface area contributed by atoms with Crippen molar-refractivity contribution in [3.05, 3.63) is 18.2 Å². The number of rotatable bonds is 5. The number of carbonyl (C=O) groups is 2. The van der Waals surface area contributed by atoms with Crippen LogP contribution in [0, 0.1) is 0 Å². The topological polar surface area (TPSA) is 111 Å². The van der Waals surface area contributed by atoms with Crippen LogP contribution < -0.4 is 20.5 Å². The van der Waals surface area contributed by atoms with Crippen LogP contribution in [0.5, 0.6) is 11.5 Å². The summed E-state index contributed by atoms with van der Waals surface area (Å²) in [6, 6.07) is 2.70. The molecule has 0 fully saturated rings. The molecule has 1 aliphatic heterocycles. The summed E-state index contributed by atoms with van der Waals surface area (Å²) in [4.78, 5) is 22.1. The van der Waals surface area contributed by atoms with Crippen LogP contribution >= 0.6 is 0 Å². The van der Waals surface area contributed by atoms with Crippen LogP contribution in [0.25, 0.3) is 0 Å². The highest BCUT2D eigenvalue weighted by atomic mass is 19.3. The van der Waals surface area contributed by atoms with Gasteiger partial charge in [-0.05, 0) is 18.6 Å². The highest BCUT2D eigenvalue weighted by Gasteiger charge is 2.43. The predicted octanol–water partition coefficient (Wildman–Crippen LogP) is 1.14. The Kier molecular flexibility index (Phi) is 3.94. The van der Waals surface area contributed by atoms with Gasteiger partial charge in [-0.1, -0.05) is 0 Å². The maximum atomic E-state index is 12.8. The standard InChI is InChI=1S/C12H12F2N2O5/c13-12(14)20-8-3-1-6(5-9(8)21-12)16-11(19)7(15)2-4-10(17)18/h1,3,5,7H,2,4,15H2,(H,16,19)(H,17,18). The molecule has 9 heteroatoms. The molecule has 114 valence electrons. The van der Waals surface area contributed by atoms with E-state index in [1.54, 1.807) is 0 Å². The number of benzene rings is 1. The number of nitrogens with one attached hydrogen (secondary N) is 1. The summed E-state index contributed by atoms with van der Waals surface area (Å²) >= 11 is 0. The maximum absolute atomic E-state index is 12.8. The van der Waals surface area contributed by atoms with Gasteiger partial charge in [0.05, 0.1) is 6.04 Å². The Labute approximate surface area is 117 Å². The average molecular weight is 302 g/mol. The number of nitrogens with two attached hydrogens (primary N) is 1. The molecule has 1 unspecified atom stereocenters. The molecule has 1 aromatic carbocycles. The van der Waals surface area contributed by atoms with Crippen molar-refractivity contribution >= 4 is 17.6 Å². The summed E-state index contributed by atoms with van der Waals surface area (Å²) < 4.78 is 34.1. The SMILES string of the molecule is NC(CCC(=O)O)C(=O)Nc1ccc2c(c1)OC(F)(F)O2. The molecule has 1 amide bonds. The van der Waals surface area contributed by atoms with Gasteiger partial charge in [0.2, 0.25) is 5.91 Å². The summed E-state index contributed by atoms with van der Waals surface area (Å²) in [7, 11) is 0. The lowest BCUT2D eigenvalue weighted by Crippen LogP contribution is -2.36. The second-order valence-electron chi connectivity index (χ2n) is 4.36. The van der Waals surface area contributed by atoms with Crippen LogP contribution in [0.3, 0.4) is 0 Å². The molecular weight excluding hydrogens is 290 g/mol. The van der Waals surface area contributed by atoms with Crippen molar-refractivity contribution in [3.8, 4) is 11.5 Å². The third-order valence-corrected chi connectivity index (χ3v) is 2.67. The highest BCUT2D eigenvalue weighted by molar-refractivity contribution is 5.95. The van der Waals surface area contributed by atoms with Gasteiger partial charge in [-0.15, -0.1) is 8.78 Å². The van der Waals surface area contributed by atoms with E-state index in [1.807, 2.05) is 0 Å². The number of carboxylic acids is 1. The number of alkyl halides is 2. The van der Waals surface area contributed by atoms with Gasteiger partial charge in [0, 0.05) is 18.2 Å². The second-order valence-corrected chi connectivity index (χ2v) is 4.36. The normalized spacial score (nSPS) is 16.3. The molecule has 0 radical (unpaired) electrons. The summed E-state index contributed by atoms with van der Waals surface area (Å²) in [5.74, 6) is -2.05. The van der Waals surface area contributed by atoms with Crippen LogP contribution in [-0.4, -0.2) is 29.3 Å². The van der Waals surface area contributed by atoms with Crippen LogP contribution in [0.15, 0.2) is 18.2 Å². The molecule has 2 rings (SSSR count). The number of ether oxygens (including phenoxy) is 2. The number of fused-ring (bicyclic) bond motifs is 1. The first-order valence-electron chi connectivity index (χ1n) is 5.95. The van der Waals surface area contributed by atoms with Crippen LogP contribution in [0.2, 0.25) is 0 Å². The van der Waals surface area contributed by atoms with Gasteiger partial charge in [0.1, 0.15) is 0 Å². The predicted molar refractivity (Wildman–Crippen MR) is 66.1 cm³/mol. The molecule has 1 heterocycles. The third kappa shape index (κ3) is 3.78. The number of halogens is 2. The third-order valence-electron chi connectivity index (χ3n) is 2.67. The minimum atomic E-state index is -3.73. The van der Waals surface area contributed by atoms with Crippen LogP contribution in [0.1, 0.15) is 12.8 Å². The first-order valence-corrected chi connectivity index (χ1v) is 5.95. The monoisotopic (exact) mass is 302 g/mol. The number of anilines is 1.